The van der Waals surface area contributed by atoms with Crippen LogP contribution in [0.2, 0.25) is 0 Å². The van der Waals surface area contributed by atoms with Crippen LogP contribution in [0.4, 0.5) is 0 Å². The highest BCUT2D eigenvalue weighted by Crippen LogP contribution is 2.31. The van der Waals surface area contributed by atoms with Crippen LogP contribution in [0.25, 0.3) is 0 Å². The third kappa shape index (κ3) is 5.53. The summed E-state index contributed by atoms with van der Waals surface area (Å²) in [5.41, 5.74) is 1.04. The Balaban J connectivity index is 2.86. The summed E-state index contributed by atoms with van der Waals surface area (Å²) in [6, 6.07) is 5.84. The molecule has 0 spiro atoms. The zero-order valence-electron chi connectivity index (χ0n) is 13.5. The fourth-order valence-electron chi connectivity index (χ4n) is 2.20. The van der Waals surface area contributed by atoms with Crippen LogP contribution in [0.5, 0.6) is 11.5 Å². The van der Waals surface area contributed by atoms with Gasteiger partial charge in [0.05, 0.1) is 26.9 Å². The number of methoxy groups -OCH3 is 3. The van der Waals surface area contributed by atoms with Crippen molar-refractivity contribution in [1.82, 2.24) is 4.90 Å². The SMILES string of the molecule is CC[C@H](O)CN(CCOC)Cc1cccc(OC)c1OC. The van der Waals surface area contributed by atoms with Gasteiger partial charge in [0.25, 0.3) is 0 Å². The number of hydrogen-bond donors (Lipinski definition) is 1. The van der Waals surface area contributed by atoms with E-state index >= 15 is 0 Å². The molecule has 0 radical (unpaired) electrons. The van der Waals surface area contributed by atoms with E-state index in [1.54, 1.807) is 21.3 Å². The summed E-state index contributed by atoms with van der Waals surface area (Å²) in [6.45, 7) is 4.66. The molecule has 21 heavy (non-hydrogen) atoms. The van der Waals surface area contributed by atoms with Crippen molar-refractivity contribution in [2.75, 3.05) is 41.0 Å². The number of aliphatic hydroxyl groups excluding tert-OH is 1. The van der Waals surface area contributed by atoms with E-state index in [9.17, 15) is 5.11 Å². The maximum atomic E-state index is 9.89. The fraction of sp³-hybridized carbons (Fsp3) is 0.625. The number of rotatable bonds is 10. The molecular weight excluding hydrogens is 270 g/mol. The van der Waals surface area contributed by atoms with E-state index in [0.717, 1.165) is 30.0 Å². The molecule has 0 aliphatic heterocycles. The van der Waals surface area contributed by atoms with Crippen LogP contribution in [0.15, 0.2) is 18.2 Å². The van der Waals surface area contributed by atoms with Crippen LogP contribution in [-0.2, 0) is 11.3 Å². The molecule has 0 aliphatic rings. The van der Waals surface area contributed by atoms with Crippen LogP contribution in [0.1, 0.15) is 18.9 Å². The van der Waals surface area contributed by atoms with Gasteiger partial charge >= 0.3 is 0 Å². The average molecular weight is 297 g/mol. The standard InChI is InChI=1S/C16H27NO4/c1-5-14(18)12-17(9-10-19-2)11-13-7-6-8-15(20-3)16(13)21-4/h6-8,14,18H,5,9-12H2,1-4H3/t14-/m0/s1. The quantitative estimate of drug-likeness (QED) is 0.715. The lowest BCUT2D eigenvalue weighted by molar-refractivity contribution is 0.0825. The summed E-state index contributed by atoms with van der Waals surface area (Å²) in [4.78, 5) is 2.16. The van der Waals surface area contributed by atoms with E-state index < -0.39 is 0 Å². The molecule has 0 bridgehead atoms. The van der Waals surface area contributed by atoms with Gasteiger partial charge in [-0.1, -0.05) is 19.1 Å². The van der Waals surface area contributed by atoms with Crippen LogP contribution in [-0.4, -0.2) is 57.1 Å². The summed E-state index contributed by atoms with van der Waals surface area (Å²) >= 11 is 0. The molecule has 1 aromatic carbocycles. The Bertz CT molecular complexity index is 411. The monoisotopic (exact) mass is 297 g/mol. The van der Waals surface area contributed by atoms with Crippen LogP contribution < -0.4 is 9.47 Å². The first kappa shape index (κ1) is 17.8. The van der Waals surface area contributed by atoms with Gasteiger partial charge in [-0.3, -0.25) is 4.90 Å². The number of ether oxygens (including phenoxy) is 3. The Kier molecular flexibility index (Phi) is 8.12. The van der Waals surface area contributed by atoms with Gasteiger partial charge in [-0.25, -0.2) is 0 Å². The van der Waals surface area contributed by atoms with Gasteiger partial charge in [-0.2, -0.15) is 0 Å². The van der Waals surface area contributed by atoms with E-state index in [1.807, 2.05) is 25.1 Å². The highest BCUT2D eigenvalue weighted by atomic mass is 16.5. The van der Waals surface area contributed by atoms with E-state index in [2.05, 4.69) is 4.90 Å². The first-order chi connectivity index (χ1) is 10.2. The van der Waals surface area contributed by atoms with Gasteiger partial charge < -0.3 is 19.3 Å². The molecule has 1 atom stereocenters. The molecule has 0 saturated carbocycles. The van der Waals surface area contributed by atoms with Crippen molar-refractivity contribution < 1.29 is 19.3 Å². The van der Waals surface area contributed by atoms with Crippen molar-refractivity contribution in [3.63, 3.8) is 0 Å². The maximum Gasteiger partial charge on any atom is 0.165 e. The minimum absolute atomic E-state index is 0.335. The Morgan fingerprint density at radius 2 is 1.95 bits per heavy atom. The zero-order chi connectivity index (χ0) is 15.7. The molecule has 1 rings (SSSR count). The van der Waals surface area contributed by atoms with E-state index in [-0.39, 0.29) is 6.10 Å². The van der Waals surface area contributed by atoms with E-state index in [0.29, 0.717) is 19.7 Å². The molecule has 0 heterocycles. The van der Waals surface area contributed by atoms with Crippen molar-refractivity contribution in [2.24, 2.45) is 0 Å². The second-order valence-electron chi connectivity index (χ2n) is 4.94. The molecule has 1 N–H and O–H groups in total. The summed E-state index contributed by atoms with van der Waals surface area (Å²) in [7, 11) is 4.95. The third-order valence-electron chi connectivity index (χ3n) is 3.43. The number of para-hydroxylation sites is 1. The number of hydrogen-bond acceptors (Lipinski definition) is 5. The normalized spacial score (nSPS) is 12.5. The van der Waals surface area contributed by atoms with Gasteiger partial charge in [-0.05, 0) is 12.5 Å². The lowest BCUT2D eigenvalue weighted by Crippen LogP contribution is -2.34. The Morgan fingerprint density at radius 1 is 1.19 bits per heavy atom. The van der Waals surface area contributed by atoms with Crippen LogP contribution >= 0.6 is 0 Å². The molecule has 0 aliphatic carbocycles. The van der Waals surface area contributed by atoms with Crippen LogP contribution in [0, 0.1) is 0 Å². The molecule has 0 fully saturated rings. The van der Waals surface area contributed by atoms with E-state index in [1.165, 1.54) is 0 Å². The van der Waals surface area contributed by atoms with Crippen molar-refractivity contribution in [3.8, 4) is 11.5 Å². The first-order valence-electron chi connectivity index (χ1n) is 7.25. The number of aliphatic hydroxyl groups is 1. The Hall–Kier alpha value is -1.30. The lowest BCUT2D eigenvalue weighted by Gasteiger charge is -2.25. The van der Waals surface area contributed by atoms with Gasteiger partial charge in [0.15, 0.2) is 11.5 Å². The smallest absolute Gasteiger partial charge is 0.165 e. The third-order valence-corrected chi connectivity index (χ3v) is 3.43. The number of benzene rings is 1. The molecule has 5 heteroatoms. The fourth-order valence-corrected chi connectivity index (χ4v) is 2.20. The second-order valence-corrected chi connectivity index (χ2v) is 4.94. The van der Waals surface area contributed by atoms with E-state index in [4.69, 9.17) is 14.2 Å². The van der Waals surface area contributed by atoms with Gasteiger partial charge in [0.2, 0.25) is 0 Å². The Labute approximate surface area is 127 Å². The summed E-state index contributed by atoms with van der Waals surface area (Å²) in [5.74, 6) is 1.46. The number of nitrogens with zero attached hydrogens (tertiary/aromatic N) is 1. The predicted molar refractivity (Wildman–Crippen MR) is 83.0 cm³/mol. The average Bonchev–Trinajstić information content (AvgIpc) is 2.51. The molecule has 0 aromatic heterocycles. The molecule has 0 unspecified atom stereocenters. The molecule has 1 aromatic rings. The van der Waals surface area contributed by atoms with Crippen molar-refractivity contribution in [2.45, 2.75) is 26.0 Å². The predicted octanol–water partition coefficient (Wildman–Crippen LogP) is 1.92. The lowest BCUT2D eigenvalue weighted by atomic mass is 10.1. The van der Waals surface area contributed by atoms with Crippen LogP contribution in [0.3, 0.4) is 0 Å². The topological polar surface area (TPSA) is 51.2 Å². The van der Waals surface area contributed by atoms with Crippen molar-refractivity contribution >= 4 is 0 Å². The molecule has 5 nitrogen and oxygen atoms in total. The second kappa shape index (κ2) is 9.60. The maximum absolute atomic E-state index is 9.89. The highest BCUT2D eigenvalue weighted by Gasteiger charge is 2.15. The van der Waals surface area contributed by atoms with Crippen molar-refractivity contribution in [3.05, 3.63) is 23.8 Å². The minimum Gasteiger partial charge on any atom is -0.493 e. The summed E-state index contributed by atoms with van der Waals surface area (Å²) in [6.07, 6.45) is 0.400. The highest BCUT2D eigenvalue weighted by molar-refractivity contribution is 5.46. The largest absolute Gasteiger partial charge is 0.493 e. The van der Waals surface area contributed by atoms with Gasteiger partial charge in [0.1, 0.15) is 0 Å². The van der Waals surface area contributed by atoms with Crippen molar-refractivity contribution in [1.29, 1.82) is 0 Å². The Morgan fingerprint density at radius 3 is 2.52 bits per heavy atom. The zero-order valence-corrected chi connectivity index (χ0v) is 13.5. The molecular formula is C16H27NO4. The van der Waals surface area contributed by atoms with Gasteiger partial charge in [-0.15, -0.1) is 0 Å². The summed E-state index contributed by atoms with van der Waals surface area (Å²) < 4.78 is 15.9. The molecule has 0 amide bonds. The first-order valence-corrected chi connectivity index (χ1v) is 7.25. The minimum atomic E-state index is -0.335. The molecule has 120 valence electrons. The summed E-state index contributed by atoms with van der Waals surface area (Å²) in [5, 5.41) is 9.89. The van der Waals surface area contributed by atoms with Gasteiger partial charge in [0, 0.05) is 32.3 Å². The molecule has 0 saturated heterocycles.